The SMILES string of the molecule is O=[N+]([O-])c1ccc(N/N=C/c2cn(Cc3ccc(Cl)c(Cl)c3)c3ccccc23)c([N+](=O)[O-])c1. The van der Waals surface area contributed by atoms with Crippen LogP contribution in [-0.2, 0) is 6.54 Å². The van der Waals surface area contributed by atoms with Crippen LogP contribution >= 0.6 is 23.2 Å². The quantitative estimate of drug-likeness (QED) is 0.189. The molecule has 1 N–H and O–H groups in total. The second-order valence-corrected chi connectivity index (χ2v) is 7.88. The molecule has 0 unspecified atom stereocenters. The van der Waals surface area contributed by atoms with E-state index in [1.807, 2.05) is 47.2 Å². The van der Waals surface area contributed by atoms with Gasteiger partial charge >= 0.3 is 5.69 Å². The van der Waals surface area contributed by atoms with Crippen LogP contribution in [0.1, 0.15) is 11.1 Å². The lowest BCUT2D eigenvalue weighted by Gasteiger charge is -2.06. The van der Waals surface area contributed by atoms with E-state index in [1.54, 1.807) is 12.3 Å². The van der Waals surface area contributed by atoms with Gasteiger partial charge in [-0.1, -0.05) is 47.5 Å². The minimum Gasteiger partial charge on any atom is -0.342 e. The molecule has 33 heavy (non-hydrogen) atoms. The number of nitrogens with zero attached hydrogens (tertiary/aromatic N) is 4. The zero-order chi connectivity index (χ0) is 23.5. The van der Waals surface area contributed by atoms with E-state index >= 15 is 0 Å². The number of hydrogen-bond acceptors (Lipinski definition) is 6. The van der Waals surface area contributed by atoms with Gasteiger partial charge in [-0.15, -0.1) is 0 Å². The van der Waals surface area contributed by atoms with Crippen LogP contribution in [0.15, 0.2) is 72.0 Å². The van der Waals surface area contributed by atoms with Gasteiger partial charge in [-0.2, -0.15) is 5.10 Å². The van der Waals surface area contributed by atoms with Crippen molar-refractivity contribution in [2.24, 2.45) is 5.10 Å². The number of nitrogens with one attached hydrogen (secondary N) is 1. The second kappa shape index (κ2) is 9.27. The average molecular weight is 484 g/mol. The Labute approximate surface area is 197 Å². The zero-order valence-electron chi connectivity index (χ0n) is 16.8. The van der Waals surface area contributed by atoms with Crippen LogP contribution in [0.3, 0.4) is 0 Å². The van der Waals surface area contributed by atoms with E-state index in [2.05, 4.69) is 10.5 Å². The molecular weight excluding hydrogens is 469 g/mol. The van der Waals surface area contributed by atoms with Crippen LogP contribution in [0, 0.1) is 20.2 Å². The summed E-state index contributed by atoms with van der Waals surface area (Å²) < 4.78 is 2.03. The van der Waals surface area contributed by atoms with Gasteiger partial charge in [0.25, 0.3) is 5.69 Å². The van der Waals surface area contributed by atoms with Gasteiger partial charge in [-0.25, -0.2) is 0 Å². The maximum Gasteiger partial charge on any atom is 0.301 e. The number of aromatic nitrogens is 1. The number of nitro groups is 2. The zero-order valence-corrected chi connectivity index (χ0v) is 18.3. The van der Waals surface area contributed by atoms with Gasteiger partial charge in [0.15, 0.2) is 0 Å². The molecule has 0 radical (unpaired) electrons. The van der Waals surface area contributed by atoms with E-state index in [1.165, 1.54) is 12.1 Å². The molecular formula is C22H15Cl2N5O4. The lowest BCUT2D eigenvalue weighted by Crippen LogP contribution is -1.99. The predicted octanol–water partition coefficient (Wildman–Crippen LogP) is 6.26. The van der Waals surface area contributed by atoms with Gasteiger partial charge in [0.2, 0.25) is 0 Å². The Hall–Kier alpha value is -3.95. The van der Waals surface area contributed by atoms with Crippen LogP contribution in [0.5, 0.6) is 0 Å². The number of nitro benzene ring substituents is 2. The van der Waals surface area contributed by atoms with Gasteiger partial charge < -0.3 is 4.57 Å². The van der Waals surface area contributed by atoms with Crippen molar-refractivity contribution in [3.63, 3.8) is 0 Å². The van der Waals surface area contributed by atoms with Gasteiger partial charge in [-0.05, 0) is 29.8 Å². The molecule has 0 bridgehead atoms. The molecule has 0 aliphatic heterocycles. The molecule has 0 atom stereocenters. The van der Waals surface area contributed by atoms with Crippen molar-refractivity contribution in [2.45, 2.75) is 6.54 Å². The Morgan fingerprint density at radius 3 is 2.48 bits per heavy atom. The number of rotatable bonds is 7. The number of halogens is 2. The number of non-ortho nitro benzene ring substituents is 1. The van der Waals surface area contributed by atoms with Crippen molar-refractivity contribution in [1.29, 1.82) is 0 Å². The summed E-state index contributed by atoms with van der Waals surface area (Å²) in [4.78, 5) is 20.8. The van der Waals surface area contributed by atoms with Crippen molar-refractivity contribution >= 4 is 57.4 Å². The summed E-state index contributed by atoms with van der Waals surface area (Å²) in [5.74, 6) is 0. The first-order valence-corrected chi connectivity index (χ1v) is 10.3. The van der Waals surface area contributed by atoms with Crippen LogP contribution in [0.25, 0.3) is 10.9 Å². The van der Waals surface area contributed by atoms with Crippen LogP contribution < -0.4 is 5.43 Å². The Bertz CT molecular complexity index is 1420. The van der Waals surface area contributed by atoms with E-state index in [0.29, 0.717) is 16.6 Å². The molecule has 0 fully saturated rings. The molecule has 3 aromatic carbocycles. The summed E-state index contributed by atoms with van der Waals surface area (Å²) in [6.45, 7) is 0.548. The third-order valence-corrected chi connectivity index (χ3v) is 5.67. The predicted molar refractivity (Wildman–Crippen MR) is 128 cm³/mol. The first-order valence-electron chi connectivity index (χ1n) is 9.57. The molecule has 0 aliphatic carbocycles. The Morgan fingerprint density at radius 2 is 1.76 bits per heavy atom. The molecule has 0 spiro atoms. The second-order valence-electron chi connectivity index (χ2n) is 7.06. The molecule has 166 valence electrons. The number of hydrogen-bond donors (Lipinski definition) is 1. The fourth-order valence-corrected chi connectivity index (χ4v) is 3.71. The molecule has 4 aromatic rings. The molecule has 11 heteroatoms. The third kappa shape index (κ3) is 4.79. The highest BCUT2D eigenvalue weighted by Crippen LogP contribution is 2.29. The monoisotopic (exact) mass is 483 g/mol. The van der Waals surface area contributed by atoms with Gasteiger partial charge in [0.05, 0.1) is 32.2 Å². The fraction of sp³-hybridized carbons (Fsp3) is 0.0455. The Balaban J connectivity index is 1.62. The first-order chi connectivity index (χ1) is 15.8. The molecule has 1 aromatic heterocycles. The summed E-state index contributed by atoms with van der Waals surface area (Å²) in [5, 5.41) is 28.2. The number of para-hydroxylation sites is 1. The van der Waals surface area contributed by atoms with Crippen molar-refractivity contribution in [1.82, 2.24) is 4.57 Å². The summed E-state index contributed by atoms with van der Waals surface area (Å²) >= 11 is 12.1. The van der Waals surface area contributed by atoms with Crippen molar-refractivity contribution in [3.8, 4) is 0 Å². The maximum atomic E-state index is 11.3. The first kappa shape index (κ1) is 22.3. The molecule has 1 heterocycles. The maximum absolute atomic E-state index is 11.3. The fourth-order valence-electron chi connectivity index (χ4n) is 3.39. The van der Waals surface area contributed by atoms with Gasteiger partial charge in [0, 0.05) is 35.3 Å². The summed E-state index contributed by atoms with van der Waals surface area (Å²) in [5.41, 5.74) is 4.55. The van der Waals surface area contributed by atoms with Crippen LogP contribution in [-0.4, -0.2) is 20.6 Å². The smallest absolute Gasteiger partial charge is 0.301 e. The highest BCUT2D eigenvalue weighted by atomic mass is 35.5. The van der Waals surface area contributed by atoms with Crippen molar-refractivity contribution in [2.75, 3.05) is 5.43 Å². The molecule has 9 nitrogen and oxygen atoms in total. The van der Waals surface area contributed by atoms with E-state index in [4.69, 9.17) is 23.2 Å². The standard InChI is InChI=1S/C22H15Cl2N5O4/c23-18-7-5-14(9-19(18)24)12-27-13-15(17-3-1-2-4-21(17)27)11-25-26-20-8-6-16(28(30)31)10-22(20)29(32)33/h1-11,13,26H,12H2/b25-11+. The van der Waals surface area contributed by atoms with Crippen LogP contribution in [0.4, 0.5) is 17.1 Å². The van der Waals surface area contributed by atoms with Crippen molar-refractivity contribution < 1.29 is 9.85 Å². The van der Waals surface area contributed by atoms with E-state index in [-0.39, 0.29) is 11.4 Å². The number of fused-ring (bicyclic) bond motifs is 1. The summed E-state index contributed by atoms with van der Waals surface area (Å²) in [6, 6.07) is 16.5. The van der Waals surface area contributed by atoms with E-state index in [0.717, 1.165) is 28.1 Å². The number of anilines is 1. The Morgan fingerprint density at radius 1 is 0.970 bits per heavy atom. The number of hydrazone groups is 1. The highest BCUT2D eigenvalue weighted by molar-refractivity contribution is 6.42. The van der Waals surface area contributed by atoms with Gasteiger partial charge in [0.1, 0.15) is 5.69 Å². The third-order valence-electron chi connectivity index (χ3n) is 4.93. The topological polar surface area (TPSA) is 116 Å². The molecule has 0 saturated carbocycles. The molecule has 4 rings (SSSR count). The van der Waals surface area contributed by atoms with Crippen molar-refractivity contribution in [3.05, 3.63) is 108 Å². The molecule has 0 amide bonds. The number of benzene rings is 3. The average Bonchev–Trinajstić information content (AvgIpc) is 3.13. The van der Waals surface area contributed by atoms with Gasteiger partial charge in [-0.3, -0.25) is 25.7 Å². The minimum absolute atomic E-state index is 0.0430. The highest BCUT2D eigenvalue weighted by Gasteiger charge is 2.19. The normalized spacial score (nSPS) is 11.2. The Kier molecular flexibility index (Phi) is 6.25. The largest absolute Gasteiger partial charge is 0.342 e. The van der Waals surface area contributed by atoms with Crippen LogP contribution in [0.2, 0.25) is 10.0 Å². The summed E-state index contributed by atoms with van der Waals surface area (Å²) in [6.07, 6.45) is 3.45. The van der Waals surface area contributed by atoms with E-state index in [9.17, 15) is 20.2 Å². The summed E-state index contributed by atoms with van der Waals surface area (Å²) in [7, 11) is 0. The van der Waals surface area contributed by atoms with E-state index < -0.39 is 15.5 Å². The lowest BCUT2D eigenvalue weighted by atomic mass is 10.2. The molecule has 0 aliphatic rings. The minimum atomic E-state index is -0.700. The lowest BCUT2D eigenvalue weighted by molar-refractivity contribution is -0.393. The molecule has 0 saturated heterocycles.